The van der Waals surface area contributed by atoms with Crippen molar-refractivity contribution in [3.63, 3.8) is 0 Å². The Morgan fingerprint density at radius 1 is 1.55 bits per heavy atom. The summed E-state index contributed by atoms with van der Waals surface area (Å²) in [7, 11) is 1.79. The molecule has 108 valence electrons. The highest BCUT2D eigenvalue weighted by atomic mass is 32.1. The first-order valence-electron chi connectivity index (χ1n) is 6.39. The number of amides is 1. The summed E-state index contributed by atoms with van der Waals surface area (Å²) in [5, 5.41) is 5.81. The molecule has 0 saturated heterocycles. The smallest absolute Gasteiger partial charge is 0.267 e. The lowest BCUT2D eigenvalue weighted by atomic mass is 10.3. The van der Waals surface area contributed by atoms with Crippen LogP contribution in [-0.2, 0) is 6.42 Å². The fourth-order valence-corrected chi connectivity index (χ4v) is 3.37. The van der Waals surface area contributed by atoms with Crippen LogP contribution >= 0.6 is 22.7 Å². The highest BCUT2D eigenvalue weighted by molar-refractivity contribution is 7.18. The van der Waals surface area contributed by atoms with Crippen LogP contribution in [-0.4, -0.2) is 35.9 Å². The quantitative estimate of drug-likeness (QED) is 0.860. The van der Waals surface area contributed by atoms with Gasteiger partial charge in [0.05, 0.1) is 0 Å². The Labute approximate surface area is 126 Å². The first-order valence-corrected chi connectivity index (χ1v) is 8.09. The predicted molar refractivity (Wildman–Crippen MR) is 85.7 cm³/mol. The summed E-state index contributed by atoms with van der Waals surface area (Å²) in [6.45, 7) is 3.41. The standard InChI is InChI=1S/C13H18N4OS2/c1-3-15-13-16-11(14)10(20-13)12(18)17(2)7-6-9-5-4-8-19-9/h4-5,8H,3,6-7,14H2,1-2H3,(H,15,16). The number of nitrogens with zero attached hydrogens (tertiary/aromatic N) is 2. The Kier molecular flexibility index (Phi) is 4.97. The summed E-state index contributed by atoms with van der Waals surface area (Å²) in [5.41, 5.74) is 5.81. The minimum atomic E-state index is -0.0688. The summed E-state index contributed by atoms with van der Waals surface area (Å²) >= 11 is 3.01. The van der Waals surface area contributed by atoms with Crippen molar-refractivity contribution in [2.24, 2.45) is 0 Å². The lowest BCUT2D eigenvalue weighted by molar-refractivity contribution is 0.0802. The normalized spacial score (nSPS) is 10.5. The molecule has 2 heterocycles. The molecule has 0 aliphatic carbocycles. The number of nitrogen functional groups attached to an aromatic ring is 1. The van der Waals surface area contributed by atoms with Gasteiger partial charge in [-0.1, -0.05) is 17.4 Å². The monoisotopic (exact) mass is 310 g/mol. The molecule has 1 amide bonds. The number of carbonyl (C=O) groups is 1. The van der Waals surface area contributed by atoms with E-state index in [4.69, 9.17) is 5.73 Å². The Morgan fingerprint density at radius 3 is 3.00 bits per heavy atom. The van der Waals surface area contributed by atoms with Crippen molar-refractivity contribution in [1.82, 2.24) is 9.88 Å². The van der Waals surface area contributed by atoms with Gasteiger partial charge in [0, 0.05) is 25.0 Å². The van der Waals surface area contributed by atoms with Crippen molar-refractivity contribution < 1.29 is 4.79 Å². The second-order valence-electron chi connectivity index (χ2n) is 4.32. The molecule has 5 nitrogen and oxygen atoms in total. The molecule has 0 bridgehead atoms. The fourth-order valence-electron chi connectivity index (χ4n) is 1.72. The number of carbonyl (C=O) groups excluding carboxylic acids is 1. The topological polar surface area (TPSA) is 71.2 Å². The Bertz CT molecular complexity index is 565. The predicted octanol–water partition coefficient (Wildman–Crippen LogP) is 2.53. The maximum Gasteiger partial charge on any atom is 0.267 e. The van der Waals surface area contributed by atoms with E-state index in [1.54, 1.807) is 23.3 Å². The van der Waals surface area contributed by atoms with E-state index in [2.05, 4.69) is 16.4 Å². The summed E-state index contributed by atoms with van der Waals surface area (Å²) < 4.78 is 0. The molecule has 2 rings (SSSR count). The zero-order valence-electron chi connectivity index (χ0n) is 11.5. The maximum absolute atomic E-state index is 12.3. The zero-order valence-corrected chi connectivity index (χ0v) is 13.2. The molecule has 0 aliphatic rings. The van der Waals surface area contributed by atoms with E-state index in [0.29, 0.717) is 22.4 Å². The Morgan fingerprint density at radius 2 is 2.35 bits per heavy atom. The summed E-state index contributed by atoms with van der Waals surface area (Å²) in [6.07, 6.45) is 0.860. The average Bonchev–Trinajstić information content (AvgIpc) is 3.05. The zero-order chi connectivity index (χ0) is 14.5. The van der Waals surface area contributed by atoms with Crippen molar-refractivity contribution in [3.8, 4) is 0 Å². The molecule has 3 N–H and O–H groups in total. The number of aromatic nitrogens is 1. The largest absolute Gasteiger partial charge is 0.382 e. The van der Waals surface area contributed by atoms with Crippen LogP contribution in [0.4, 0.5) is 10.9 Å². The molecule has 2 aromatic rings. The van der Waals surface area contributed by atoms with E-state index in [-0.39, 0.29) is 5.91 Å². The van der Waals surface area contributed by atoms with Gasteiger partial charge in [-0.3, -0.25) is 4.79 Å². The second-order valence-corrected chi connectivity index (χ2v) is 6.35. The van der Waals surface area contributed by atoms with Gasteiger partial charge in [-0.15, -0.1) is 11.3 Å². The first-order chi connectivity index (χ1) is 9.61. The van der Waals surface area contributed by atoms with Crippen molar-refractivity contribution in [2.45, 2.75) is 13.3 Å². The van der Waals surface area contributed by atoms with Crippen LogP contribution in [0.1, 0.15) is 21.5 Å². The molecule has 0 saturated carbocycles. The number of thiazole rings is 1. The number of thiophene rings is 1. The third-order valence-electron chi connectivity index (χ3n) is 2.80. The first kappa shape index (κ1) is 14.8. The maximum atomic E-state index is 12.3. The highest BCUT2D eigenvalue weighted by Gasteiger charge is 2.19. The van der Waals surface area contributed by atoms with Crippen LogP contribution in [0.2, 0.25) is 0 Å². The molecule has 20 heavy (non-hydrogen) atoms. The van der Waals surface area contributed by atoms with Gasteiger partial charge in [0.1, 0.15) is 10.7 Å². The van der Waals surface area contributed by atoms with Gasteiger partial charge in [0.2, 0.25) is 0 Å². The van der Waals surface area contributed by atoms with E-state index >= 15 is 0 Å². The number of hydrogen-bond donors (Lipinski definition) is 2. The molecule has 0 spiro atoms. The van der Waals surface area contributed by atoms with Gasteiger partial charge in [-0.25, -0.2) is 4.98 Å². The number of nitrogens with one attached hydrogen (secondary N) is 1. The summed E-state index contributed by atoms with van der Waals surface area (Å²) in [4.78, 5) is 20.0. The van der Waals surface area contributed by atoms with Crippen molar-refractivity contribution in [3.05, 3.63) is 27.3 Å². The molecular formula is C13H18N4OS2. The van der Waals surface area contributed by atoms with Crippen LogP contribution in [0.3, 0.4) is 0 Å². The number of anilines is 2. The van der Waals surface area contributed by atoms with Crippen molar-refractivity contribution in [1.29, 1.82) is 0 Å². The van der Waals surface area contributed by atoms with Gasteiger partial charge in [-0.2, -0.15) is 0 Å². The Balaban J connectivity index is 1.99. The van der Waals surface area contributed by atoms with Crippen molar-refractivity contribution >= 4 is 39.5 Å². The molecule has 0 unspecified atom stereocenters. The Hall–Kier alpha value is -1.60. The van der Waals surface area contributed by atoms with Crippen LogP contribution in [0, 0.1) is 0 Å². The summed E-state index contributed by atoms with van der Waals surface area (Å²) in [5.74, 6) is 0.236. The lowest BCUT2D eigenvalue weighted by Gasteiger charge is -2.15. The van der Waals surface area contributed by atoms with Gasteiger partial charge in [-0.05, 0) is 24.8 Å². The molecule has 7 heteroatoms. The van der Waals surface area contributed by atoms with Gasteiger partial charge in [0.15, 0.2) is 5.13 Å². The van der Waals surface area contributed by atoms with Crippen LogP contribution in [0.25, 0.3) is 0 Å². The SMILES string of the molecule is CCNc1nc(N)c(C(=O)N(C)CCc2cccs2)s1. The average molecular weight is 310 g/mol. The molecule has 0 aliphatic heterocycles. The number of likely N-dealkylation sites (N-methyl/N-ethyl adjacent to an activating group) is 1. The van der Waals surface area contributed by atoms with Gasteiger partial charge in [0.25, 0.3) is 5.91 Å². The third-order valence-corrected chi connectivity index (χ3v) is 4.75. The number of nitrogens with two attached hydrogens (primary N) is 1. The molecular weight excluding hydrogens is 292 g/mol. The minimum absolute atomic E-state index is 0.0688. The van der Waals surface area contributed by atoms with E-state index in [0.717, 1.165) is 13.0 Å². The third kappa shape index (κ3) is 3.49. The number of rotatable bonds is 6. The summed E-state index contributed by atoms with van der Waals surface area (Å²) in [6, 6.07) is 4.10. The molecule has 0 atom stereocenters. The van der Waals surface area contributed by atoms with Gasteiger partial charge >= 0.3 is 0 Å². The van der Waals surface area contributed by atoms with Crippen LogP contribution in [0.15, 0.2) is 17.5 Å². The van der Waals surface area contributed by atoms with E-state index in [1.165, 1.54) is 16.2 Å². The van der Waals surface area contributed by atoms with Gasteiger partial charge < -0.3 is 16.0 Å². The number of hydrogen-bond acceptors (Lipinski definition) is 6. The van der Waals surface area contributed by atoms with E-state index < -0.39 is 0 Å². The van der Waals surface area contributed by atoms with Crippen molar-refractivity contribution in [2.75, 3.05) is 31.2 Å². The molecule has 0 radical (unpaired) electrons. The highest BCUT2D eigenvalue weighted by Crippen LogP contribution is 2.26. The van der Waals surface area contributed by atoms with Crippen LogP contribution in [0.5, 0.6) is 0 Å². The molecule has 2 aromatic heterocycles. The fraction of sp³-hybridized carbons (Fsp3) is 0.385. The molecule has 0 fully saturated rings. The minimum Gasteiger partial charge on any atom is -0.382 e. The van der Waals surface area contributed by atoms with Crippen LogP contribution < -0.4 is 11.1 Å². The van der Waals surface area contributed by atoms with E-state index in [1.807, 2.05) is 18.4 Å². The lowest BCUT2D eigenvalue weighted by Crippen LogP contribution is -2.28. The second kappa shape index (κ2) is 6.71. The molecule has 0 aromatic carbocycles. The van der Waals surface area contributed by atoms with E-state index in [9.17, 15) is 4.79 Å².